The zero-order chi connectivity index (χ0) is 18.0. The van der Waals surface area contributed by atoms with Crippen molar-refractivity contribution in [3.05, 3.63) is 29.8 Å². The molecule has 0 spiro atoms. The van der Waals surface area contributed by atoms with E-state index in [-0.39, 0.29) is 6.61 Å². The average Bonchev–Trinajstić information content (AvgIpc) is 2.65. The molecule has 2 N–H and O–H groups in total. The van der Waals surface area contributed by atoms with E-state index in [4.69, 9.17) is 5.11 Å². The molecule has 1 rings (SSSR count). The van der Waals surface area contributed by atoms with Gasteiger partial charge in [0.2, 0.25) is 0 Å². The Morgan fingerprint density at radius 1 is 0.640 bits per heavy atom. The zero-order valence-electron chi connectivity index (χ0n) is 16.6. The van der Waals surface area contributed by atoms with Crippen LogP contribution in [0.4, 0.5) is 5.69 Å². The monoisotopic (exact) mass is 347 g/mol. The quantitative estimate of drug-likeness (QED) is 0.295. The van der Waals surface area contributed by atoms with Gasteiger partial charge in [-0.2, -0.15) is 0 Å². The van der Waals surface area contributed by atoms with Gasteiger partial charge in [0.15, 0.2) is 0 Å². The minimum Gasteiger partial charge on any atom is -0.392 e. The Kier molecular flexibility index (Phi) is 14.5. The Balaban J connectivity index is 1.78. The summed E-state index contributed by atoms with van der Waals surface area (Å²) in [6, 6.07) is 8.06. The fourth-order valence-corrected chi connectivity index (χ4v) is 3.28. The molecule has 0 fully saturated rings. The lowest BCUT2D eigenvalue weighted by atomic mass is 10.0. The molecule has 0 saturated carbocycles. The molecular weight excluding hydrogens is 306 g/mol. The number of aliphatic hydroxyl groups is 1. The first-order chi connectivity index (χ1) is 12.4. The molecule has 0 saturated heterocycles. The predicted molar refractivity (Wildman–Crippen MR) is 111 cm³/mol. The highest BCUT2D eigenvalue weighted by atomic mass is 16.3. The summed E-state index contributed by atoms with van der Waals surface area (Å²) in [6.45, 7) is 3.46. The number of aliphatic hydroxyl groups excluding tert-OH is 1. The molecule has 0 bridgehead atoms. The summed E-state index contributed by atoms with van der Waals surface area (Å²) in [4.78, 5) is 0. The van der Waals surface area contributed by atoms with Crippen molar-refractivity contribution in [2.45, 2.75) is 103 Å². The van der Waals surface area contributed by atoms with Crippen molar-refractivity contribution in [1.29, 1.82) is 0 Å². The summed E-state index contributed by atoms with van der Waals surface area (Å²) < 4.78 is 0. The summed E-state index contributed by atoms with van der Waals surface area (Å²) in [6.07, 6.45) is 19.7. The second-order valence-electron chi connectivity index (χ2n) is 7.38. The Labute approximate surface area is 156 Å². The summed E-state index contributed by atoms with van der Waals surface area (Å²) in [5.74, 6) is 0. The van der Waals surface area contributed by atoms with Gasteiger partial charge in [0.25, 0.3) is 0 Å². The molecule has 0 unspecified atom stereocenters. The van der Waals surface area contributed by atoms with E-state index in [9.17, 15) is 0 Å². The first kappa shape index (κ1) is 22.0. The van der Waals surface area contributed by atoms with E-state index in [1.165, 1.54) is 89.9 Å². The maximum atomic E-state index is 9.02. The van der Waals surface area contributed by atoms with Crippen LogP contribution in [0, 0.1) is 0 Å². The van der Waals surface area contributed by atoms with Gasteiger partial charge in [-0.15, -0.1) is 0 Å². The molecular formula is C23H41NO. The van der Waals surface area contributed by atoms with Crippen molar-refractivity contribution < 1.29 is 5.11 Å². The molecule has 2 nitrogen and oxygen atoms in total. The molecule has 0 aliphatic heterocycles. The van der Waals surface area contributed by atoms with Crippen molar-refractivity contribution in [2.75, 3.05) is 11.9 Å². The van der Waals surface area contributed by atoms with Gasteiger partial charge in [0, 0.05) is 12.2 Å². The Hall–Kier alpha value is -1.02. The van der Waals surface area contributed by atoms with E-state index in [1.807, 2.05) is 12.1 Å². The molecule has 1 aromatic carbocycles. The van der Waals surface area contributed by atoms with Gasteiger partial charge in [-0.3, -0.25) is 0 Å². The number of hydrogen-bond donors (Lipinski definition) is 2. The van der Waals surface area contributed by atoms with E-state index in [2.05, 4.69) is 24.4 Å². The third kappa shape index (κ3) is 12.9. The molecule has 0 aromatic heterocycles. The van der Waals surface area contributed by atoms with E-state index in [0.717, 1.165) is 17.8 Å². The average molecular weight is 348 g/mol. The van der Waals surface area contributed by atoms with Gasteiger partial charge < -0.3 is 10.4 Å². The van der Waals surface area contributed by atoms with Gasteiger partial charge in [-0.25, -0.2) is 0 Å². The topological polar surface area (TPSA) is 32.3 Å². The minimum absolute atomic E-state index is 0.124. The lowest BCUT2D eigenvalue weighted by Crippen LogP contribution is -2.01. The first-order valence-electron chi connectivity index (χ1n) is 10.8. The normalized spacial score (nSPS) is 11.0. The summed E-state index contributed by atoms with van der Waals surface area (Å²) >= 11 is 0. The molecule has 1 aromatic rings. The number of rotatable bonds is 17. The molecule has 144 valence electrons. The van der Waals surface area contributed by atoms with Crippen molar-refractivity contribution in [2.24, 2.45) is 0 Å². The highest BCUT2D eigenvalue weighted by Crippen LogP contribution is 2.13. The Morgan fingerprint density at radius 2 is 1.08 bits per heavy atom. The first-order valence-corrected chi connectivity index (χ1v) is 10.8. The van der Waals surface area contributed by atoms with Crippen molar-refractivity contribution >= 4 is 5.69 Å². The number of anilines is 1. The Bertz CT molecular complexity index is 388. The van der Waals surface area contributed by atoms with Crippen LogP contribution in [0.2, 0.25) is 0 Å². The second kappa shape index (κ2) is 16.4. The van der Waals surface area contributed by atoms with E-state index in [1.54, 1.807) is 0 Å². The van der Waals surface area contributed by atoms with Crippen LogP contribution in [0.25, 0.3) is 0 Å². The van der Waals surface area contributed by atoms with Crippen molar-refractivity contribution in [3.8, 4) is 0 Å². The molecule has 2 heteroatoms. The molecule has 0 aliphatic rings. The van der Waals surface area contributed by atoms with Crippen LogP contribution in [0.5, 0.6) is 0 Å². The summed E-state index contributed by atoms with van der Waals surface area (Å²) in [5, 5.41) is 12.5. The molecule has 25 heavy (non-hydrogen) atoms. The number of benzene rings is 1. The second-order valence-corrected chi connectivity index (χ2v) is 7.38. The van der Waals surface area contributed by atoms with Crippen LogP contribution in [0.3, 0.4) is 0 Å². The molecule has 0 heterocycles. The Morgan fingerprint density at radius 3 is 1.52 bits per heavy atom. The lowest BCUT2D eigenvalue weighted by Gasteiger charge is -2.07. The van der Waals surface area contributed by atoms with E-state index in [0.29, 0.717) is 0 Å². The molecule has 0 amide bonds. The third-order valence-corrected chi connectivity index (χ3v) is 5.00. The SMILES string of the molecule is CCCCCCCCCCCCCCCCNc1ccc(CO)cc1. The maximum absolute atomic E-state index is 9.02. The third-order valence-electron chi connectivity index (χ3n) is 5.00. The lowest BCUT2D eigenvalue weighted by molar-refractivity contribution is 0.282. The summed E-state index contributed by atoms with van der Waals surface area (Å²) in [7, 11) is 0. The maximum Gasteiger partial charge on any atom is 0.0681 e. The zero-order valence-corrected chi connectivity index (χ0v) is 16.6. The van der Waals surface area contributed by atoms with Crippen LogP contribution in [-0.2, 0) is 6.61 Å². The van der Waals surface area contributed by atoms with Gasteiger partial charge in [0.1, 0.15) is 0 Å². The number of unbranched alkanes of at least 4 members (excludes halogenated alkanes) is 13. The van der Waals surface area contributed by atoms with Gasteiger partial charge in [-0.1, -0.05) is 103 Å². The van der Waals surface area contributed by atoms with E-state index < -0.39 is 0 Å². The van der Waals surface area contributed by atoms with Crippen LogP contribution in [0.15, 0.2) is 24.3 Å². The highest BCUT2D eigenvalue weighted by Gasteiger charge is 1.95. The smallest absolute Gasteiger partial charge is 0.0681 e. The number of hydrogen-bond acceptors (Lipinski definition) is 2. The number of nitrogens with one attached hydrogen (secondary N) is 1. The molecule has 0 radical (unpaired) electrons. The van der Waals surface area contributed by atoms with Gasteiger partial charge in [-0.05, 0) is 24.1 Å². The largest absolute Gasteiger partial charge is 0.392 e. The predicted octanol–water partition coefficient (Wildman–Crippen LogP) is 7.07. The highest BCUT2D eigenvalue weighted by molar-refractivity contribution is 5.44. The van der Waals surface area contributed by atoms with Gasteiger partial charge in [0.05, 0.1) is 6.61 Å². The van der Waals surface area contributed by atoms with Crippen molar-refractivity contribution in [1.82, 2.24) is 0 Å². The van der Waals surface area contributed by atoms with Gasteiger partial charge >= 0.3 is 0 Å². The standard InChI is InChI=1S/C23H41NO/c1-2-3-4-5-6-7-8-9-10-11-12-13-14-15-20-24-23-18-16-22(21-25)17-19-23/h16-19,24-25H,2-15,20-21H2,1H3. The van der Waals surface area contributed by atoms with Crippen LogP contribution in [-0.4, -0.2) is 11.7 Å². The fraction of sp³-hybridized carbons (Fsp3) is 0.739. The fourth-order valence-electron chi connectivity index (χ4n) is 3.28. The van der Waals surface area contributed by atoms with E-state index >= 15 is 0 Å². The summed E-state index contributed by atoms with van der Waals surface area (Å²) in [5.41, 5.74) is 2.13. The van der Waals surface area contributed by atoms with Crippen LogP contribution >= 0.6 is 0 Å². The van der Waals surface area contributed by atoms with Crippen molar-refractivity contribution in [3.63, 3.8) is 0 Å². The van der Waals surface area contributed by atoms with Crippen LogP contribution < -0.4 is 5.32 Å². The van der Waals surface area contributed by atoms with Crippen LogP contribution in [0.1, 0.15) is 102 Å². The molecule has 0 atom stereocenters. The molecule has 0 aliphatic carbocycles. The minimum atomic E-state index is 0.124.